The molecule has 1 rings (SSSR count). The Bertz CT molecular complexity index is 427. The molecule has 0 heterocycles. The number of carbonyl (C=O) groups is 1. The molecule has 0 saturated heterocycles. The van der Waals surface area contributed by atoms with E-state index < -0.39 is 5.97 Å². The quantitative estimate of drug-likeness (QED) is 0.662. The van der Waals surface area contributed by atoms with Crippen molar-refractivity contribution in [3.05, 3.63) is 34.9 Å². The number of benzene rings is 1. The first kappa shape index (κ1) is 13.6. The van der Waals surface area contributed by atoms with Crippen LogP contribution in [-0.2, 0) is 9.53 Å². The maximum Gasteiger partial charge on any atom is 0.331 e. The summed E-state index contributed by atoms with van der Waals surface area (Å²) < 4.78 is 5.05. The summed E-state index contributed by atoms with van der Waals surface area (Å²) in [6.07, 6.45) is 3.45. The van der Waals surface area contributed by atoms with Gasteiger partial charge in [0.25, 0.3) is 0 Å². The van der Waals surface area contributed by atoms with Crippen LogP contribution in [0.4, 0.5) is 0 Å². The van der Waals surface area contributed by atoms with E-state index in [0.29, 0.717) is 10.6 Å². The van der Waals surface area contributed by atoms with Gasteiger partial charge in [-0.1, -0.05) is 18.5 Å². The van der Waals surface area contributed by atoms with E-state index >= 15 is 0 Å². The SMILES string of the molecule is CCC(C)OC(=O)C=Cc1ccc(Cl)cc1O. The van der Waals surface area contributed by atoms with Crippen molar-refractivity contribution < 1.29 is 14.6 Å². The summed E-state index contributed by atoms with van der Waals surface area (Å²) in [5, 5.41) is 9.99. The maximum atomic E-state index is 11.3. The molecule has 1 aromatic rings. The number of esters is 1. The molecule has 0 aliphatic carbocycles. The van der Waals surface area contributed by atoms with Gasteiger partial charge >= 0.3 is 5.97 Å². The second-order valence-corrected chi connectivity index (χ2v) is 4.13. The first-order valence-corrected chi connectivity index (χ1v) is 5.78. The second-order valence-electron chi connectivity index (χ2n) is 3.69. The number of halogens is 1. The van der Waals surface area contributed by atoms with Crippen LogP contribution in [0.1, 0.15) is 25.8 Å². The number of carbonyl (C=O) groups excluding carboxylic acids is 1. The minimum absolute atomic E-state index is 0.0325. The number of hydrogen-bond acceptors (Lipinski definition) is 3. The highest BCUT2D eigenvalue weighted by Crippen LogP contribution is 2.22. The lowest BCUT2D eigenvalue weighted by molar-refractivity contribution is -0.142. The molecule has 0 radical (unpaired) electrons. The lowest BCUT2D eigenvalue weighted by Crippen LogP contribution is -2.11. The van der Waals surface area contributed by atoms with Crippen LogP contribution in [0, 0.1) is 0 Å². The first-order valence-electron chi connectivity index (χ1n) is 5.40. The van der Waals surface area contributed by atoms with Crippen molar-refractivity contribution in [1.82, 2.24) is 0 Å². The zero-order valence-electron chi connectivity index (χ0n) is 9.81. The van der Waals surface area contributed by atoms with Crippen LogP contribution in [0.2, 0.25) is 5.02 Å². The Kier molecular flexibility index (Phi) is 5.04. The van der Waals surface area contributed by atoms with Crippen molar-refractivity contribution in [2.24, 2.45) is 0 Å². The summed E-state index contributed by atoms with van der Waals surface area (Å²) in [6, 6.07) is 4.69. The molecule has 1 N–H and O–H groups in total. The summed E-state index contributed by atoms with van der Waals surface area (Å²) in [5.41, 5.74) is 0.524. The molecule has 17 heavy (non-hydrogen) atoms. The average Bonchev–Trinajstić information content (AvgIpc) is 2.27. The third kappa shape index (κ3) is 4.49. The van der Waals surface area contributed by atoms with Gasteiger partial charge in [-0.25, -0.2) is 4.79 Å². The van der Waals surface area contributed by atoms with Crippen molar-refractivity contribution in [3.63, 3.8) is 0 Å². The molecule has 4 heteroatoms. The lowest BCUT2D eigenvalue weighted by atomic mass is 10.2. The molecule has 0 aliphatic heterocycles. The fourth-order valence-corrected chi connectivity index (χ4v) is 1.30. The van der Waals surface area contributed by atoms with E-state index in [4.69, 9.17) is 16.3 Å². The number of ether oxygens (including phenoxy) is 1. The Balaban J connectivity index is 2.67. The number of aromatic hydroxyl groups is 1. The fraction of sp³-hybridized carbons (Fsp3) is 0.308. The van der Waals surface area contributed by atoms with Crippen LogP contribution < -0.4 is 0 Å². The Hall–Kier alpha value is -1.48. The predicted octanol–water partition coefficient (Wildman–Crippen LogP) is 3.40. The molecule has 0 bridgehead atoms. The average molecular weight is 255 g/mol. The molecule has 1 unspecified atom stereocenters. The molecular formula is C13H15ClO3. The molecule has 0 saturated carbocycles. The molecular weight excluding hydrogens is 240 g/mol. The lowest BCUT2D eigenvalue weighted by Gasteiger charge is -2.07. The van der Waals surface area contributed by atoms with Crippen LogP contribution in [0.15, 0.2) is 24.3 Å². The topological polar surface area (TPSA) is 46.5 Å². The Morgan fingerprint density at radius 1 is 1.59 bits per heavy atom. The molecule has 0 spiro atoms. The van der Waals surface area contributed by atoms with Gasteiger partial charge in [-0.15, -0.1) is 0 Å². The smallest absolute Gasteiger partial charge is 0.331 e. The number of phenols is 1. The van der Waals surface area contributed by atoms with Gasteiger partial charge in [0.1, 0.15) is 5.75 Å². The minimum Gasteiger partial charge on any atom is -0.507 e. The molecule has 1 aromatic carbocycles. The molecule has 0 aromatic heterocycles. The van der Waals surface area contributed by atoms with Crippen molar-refractivity contribution in [2.75, 3.05) is 0 Å². The van der Waals surface area contributed by atoms with Gasteiger partial charge in [-0.3, -0.25) is 0 Å². The summed E-state index contributed by atoms with van der Waals surface area (Å²) in [5.74, 6) is -0.390. The zero-order valence-corrected chi connectivity index (χ0v) is 10.6. The zero-order chi connectivity index (χ0) is 12.8. The van der Waals surface area contributed by atoms with Crippen molar-refractivity contribution in [2.45, 2.75) is 26.4 Å². The van der Waals surface area contributed by atoms with Crippen molar-refractivity contribution in [3.8, 4) is 5.75 Å². The standard InChI is InChI=1S/C13H15ClO3/c1-3-9(2)17-13(16)7-5-10-4-6-11(14)8-12(10)15/h4-9,15H,3H2,1-2H3. The van der Waals surface area contributed by atoms with E-state index in [2.05, 4.69) is 0 Å². The highest BCUT2D eigenvalue weighted by molar-refractivity contribution is 6.30. The van der Waals surface area contributed by atoms with Crippen LogP contribution >= 0.6 is 11.6 Å². The monoisotopic (exact) mass is 254 g/mol. The van der Waals surface area contributed by atoms with E-state index in [1.807, 2.05) is 13.8 Å². The highest BCUT2D eigenvalue weighted by atomic mass is 35.5. The number of hydrogen-bond donors (Lipinski definition) is 1. The van der Waals surface area contributed by atoms with Gasteiger partial charge in [0.2, 0.25) is 0 Å². The molecule has 0 amide bonds. The normalized spacial score (nSPS) is 12.6. The molecule has 3 nitrogen and oxygen atoms in total. The number of phenolic OH excluding ortho intramolecular Hbond substituents is 1. The third-order valence-corrected chi connectivity index (χ3v) is 2.52. The van der Waals surface area contributed by atoms with Gasteiger partial charge in [0.15, 0.2) is 0 Å². The number of rotatable bonds is 4. The van der Waals surface area contributed by atoms with Gasteiger partial charge in [0.05, 0.1) is 6.10 Å². The summed E-state index contributed by atoms with van der Waals surface area (Å²) in [4.78, 5) is 11.3. The Labute approximate surface area is 106 Å². The molecule has 1 atom stereocenters. The van der Waals surface area contributed by atoms with E-state index in [9.17, 15) is 9.90 Å². The van der Waals surface area contributed by atoms with E-state index in [0.717, 1.165) is 6.42 Å². The van der Waals surface area contributed by atoms with Gasteiger partial charge < -0.3 is 9.84 Å². The van der Waals surface area contributed by atoms with Gasteiger partial charge in [-0.2, -0.15) is 0 Å². The fourth-order valence-electron chi connectivity index (χ4n) is 1.14. The Morgan fingerprint density at radius 3 is 2.88 bits per heavy atom. The Morgan fingerprint density at radius 2 is 2.29 bits per heavy atom. The summed E-state index contributed by atoms with van der Waals surface area (Å²) in [6.45, 7) is 3.76. The van der Waals surface area contributed by atoms with E-state index in [1.54, 1.807) is 12.1 Å². The second kappa shape index (κ2) is 6.30. The largest absolute Gasteiger partial charge is 0.507 e. The van der Waals surface area contributed by atoms with Crippen molar-refractivity contribution >= 4 is 23.6 Å². The molecule has 0 fully saturated rings. The summed E-state index contributed by atoms with van der Waals surface area (Å²) in [7, 11) is 0. The van der Waals surface area contributed by atoms with Gasteiger partial charge in [0, 0.05) is 16.7 Å². The molecule has 92 valence electrons. The van der Waals surface area contributed by atoms with Crippen molar-refractivity contribution in [1.29, 1.82) is 0 Å². The van der Waals surface area contributed by atoms with Gasteiger partial charge in [-0.05, 0) is 37.6 Å². The minimum atomic E-state index is -0.422. The third-order valence-electron chi connectivity index (χ3n) is 2.28. The first-order chi connectivity index (χ1) is 8.02. The van der Waals surface area contributed by atoms with Crippen LogP contribution in [0.25, 0.3) is 6.08 Å². The van der Waals surface area contributed by atoms with Crippen LogP contribution in [0.5, 0.6) is 5.75 Å². The molecule has 0 aliphatic rings. The maximum absolute atomic E-state index is 11.3. The van der Waals surface area contributed by atoms with Crippen LogP contribution in [0.3, 0.4) is 0 Å². The predicted molar refractivity (Wildman–Crippen MR) is 68.0 cm³/mol. The van der Waals surface area contributed by atoms with E-state index in [-0.39, 0.29) is 11.9 Å². The van der Waals surface area contributed by atoms with E-state index in [1.165, 1.54) is 18.2 Å². The summed E-state index contributed by atoms with van der Waals surface area (Å²) >= 11 is 5.69. The highest BCUT2D eigenvalue weighted by Gasteiger charge is 2.04. The van der Waals surface area contributed by atoms with Crippen LogP contribution in [-0.4, -0.2) is 17.2 Å².